The van der Waals surface area contributed by atoms with E-state index < -0.39 is 5.41 Å². The van der Waals surface area contributed by atoms with Crippen LogP contribution < -0.4 is 11.1 Å². The second-order valence-electron chi connectivity index (χ2n) is 6.00. The van der Waals surface area contributed by atoms with Gasteiger partial charge in [-0.05, 0) is 26.2 Å². The molecule has 0 radical (unpaired) electrons. The second-order valence-corrected chi connectivity index (χ2v) is 6.00. The van der Waals surface area contributed by atoms with Crippen molar-refractivity contribution >= 4 is 11.7 Å². The van der Waals surface area contributed by atoms with E-state index in [0.717, 1.165) is 32.1 Å². The molecule has 5 nitrogen and oxygen atoms in total. The Morgan fingerprint density at radius 2 is 2.00 bits per heavy atom. The monoisotopic (exact) mass is 283 g/mol. The molecule has 116 valence electrons. The van der Waals surface area contributed by atoms with Crippen molar-refractivity contribution in [2.24, 2.45) is 16.3 Å². The molecular formula is C15H29N3O2. The molecule has 1 aliphatic carbocycles. The lowest BCUT2D eigenvalue weighted by molar-refractivity contribution is -0.129. The van der Waals surface area contributed by atoms with E-state index in [-0.39, 0.29) is 17.8 Å². The number of carbonyl (C=O) groups excluding carboxylic acids is 1. The van der Waals surface area contributed by atoms with Crippen LogP contribution in [-0.4, -0.2) is 23.0 Å². The summed E-state index contributed by atoms with van der Waals surface area (Å²) in [4.78, 5) is 12.6. The van der Waals surface area contributed by atoms with Gasteiger partial charge in [0.2, 0.25) is 5.91 Å². The predicted octanol–water partition coefficient (Wildman–Crippen LogP) is 2.77. The molecule has 1 atom stereocenters. The summed E-state index contributed by atoms with van der Waals surface area (Å²) in [5, 5.41) is 15.2. The second kappa shape index (κ2) is 8.12. The SMILES string of the molecule is CCCCCC(C)NC(=O)C1(C(N)=NO)CCCCC1. The molecule has 1 saturated carbocycles. The molecular weight excluding hydrogens is 254 g/mol. The fourth-order valence-electron chi connectivity index (χ4n) is 2.99. The number of carbonyl (C=O) groups is 1. The summed E-state index contributed by atoms with van der Waals surface area (Å²) in [7, 11) is 0. The number of nitrogens with one attached hydrogen (secondary N) is 1. The van der Waals surface area contributed by atoms with Crippen LogP contribution in [0.4, 0.5) is 0 Å². The Hall–Kier alpha value is -1.26. The number of nitrogens with two attached hydrogens (primary N) is 1. The van der Waals surface area contributed by atoms with Crippen LogP contribution in [0, 0.1) is 5.41 Å². The van der Waals surface area contributed by atoms with Crippen LogP contribution in [0.5, 0.6) is 0 Å². The molecule has 0 saturated heterocycles. The van der Waals surface area contributed by atoms with Crippen molar-refractivity contribution in [2.75, 3.05) is 0 Å². The van der Waals surface area contributed by atoms with Gasteiger partial charge in [0.1, 0.15) is 5.41 Å². The smallest absolute Gasteiger partial charge is 0.234 e. The molecule has 1 aliphatic rings. The molecule has 1 amide bonds. The minimum atomic E-state index is -0.800. The maximum atomic E-state index is 12.6. The molecule has 4 N–H and O–H groups in total. The number of rotatable bonds is 7. The Bertz CT molecular complexity index is 336. The Labute approximate surface area is 122 Å². The van der Waals surface area contributed by atoms with E-state index in [0.29, 0.717) is 12.8 Å². The van der Waals surface area contributed by atoms with Crippen molar-refractivity contribution < 1.29 is 10.0 Å². The van der Waals surface area contributed by atoms with Gasteiger partial charge in [-0.1, -0.05) is 50.6 Å². The first-order chi connectivity index (χ1) is 9.56. The van der Waals surface area contributed by atoms with E-state index in [9.17, 15) is 4.79 Å². The molecule has 0 aromatic rings. The number of amidine groups is 1. The predicted molar refractivity (Wildman–Crippen MR) is 80.7 cm³/mol. The summed E-state index contributed by atoms with van der Waals surface area (Å²) in [6.45, 7) is 4.19. The average Bonchev–Trinajstić information content (AvgIpc) is 2.47. The first-order valence-corrected chi connectivity index (χ1v) is 7.85. The molecule has 0 aliphatic heterocycles. The first-order valence-electron chi connectivity index (χ1n) is 7.85. The number of amides is 1. The summed E-state index contributed by atoms with van der Waals surface area (Å²) in [5.41, 5.74) is 5.02. The minimum absolute atomic E-state index is 0.0652. The van der Waals surface area contributed by atoms with Gasteiger partial charge < -0.3 is 16.3 Å². The van der Waals surface area contributed by atoms with E-state index in [1.54, 1.807) is 0 Å². The van der Waals surface area contributed by atoms with E-state index >= 15 is 0 Å². The van der Waals surface area contributed by atoms with Crippen LogP contribution in [0.3, 0.4) is 0 Å². The number of unbranched alkanes of at least 4 members (excludes halogenated alkanes) is 2. The van der Waals surface area contributed by atoms with Crippen molar-refractivity contribution in [3.05, 3.63) is 0 Å². The van der Waals surface area contributed by atoms with E-state index in [4.69, 9.17) is 10.9 Å². The fraction of sp³-hybridized carbons (Fsp3) is 0.867. The lowest BCUT2D eigenvalue weighted by Gasteiger charge is -2.35. The highest BCUT2D eigenvalue weighted by atomic mass is 16.4. The summed E-state index contributed by atoms with van der Waals surface area (Å²) in [5.74, 6) is -0.00745. The Kier molecular flexibility index (Phi) is 6.82. The van der Waals surface area contributed by atoms with Crippen molar-refractivity contribution in [3.63, 3.8) is 0 Å². The van der Waals surface area contributed by atoms with Crippen LogP contribution in [-0.2, 0) is 4.79 Å². The third-order valence-electron chi connectivity index (χ3n) is 4.36. The molecule has 1 rings (SSSR count). The molecule has 1 fully saturated rings. The zero-order valence-electron chi connectivity index (χ0n) is 12.8. The molecule has 0 spiro atoms. The van der Waals surface area contributed by atoms with Crippen molar-refractivity contribution in [3.8, 4) is 0 Å². The molecule has 5 heteroatoms. The molecule has 0 heterocycles. The van der Waals surface area contributed by atoms with E-state index in [2.05, 4.69) is 17.4 Å². The van der Waals surface area contributed by atoms with Gasteiger partial charge in [0.25, 0.3) is 0 Å². The van der Waals surface area contributed by atoms with Crippen LogP contribution in [0.25, 0.3) is 0 Å². The van der Waals surface area contributed by atoms with Gasteiger partial charge in [-0.3, -0.25) is 4.79 Å². The molecule has 0 aromatic carbocycles. The highest BCUT2D eigenvalue weighted by Crippen LogP contribution is 2.37. The number of nitrogens with zero attached hydrogens (tertiary/aromatic N) is 1. The maximum absolute atomic E-state index is 12.6. The molecule has 20 heavy (non-hydrogen) atoms. The Morgan fingerprint density at radius 1 is 1.35 bits per heavy atom. The first kappa shape index (κ1) is 16.8. The largest absolute Gasteiger partial charge is 0.409 e. The summed E-state index contributed by atoms with van der Waals surface area (Å²) in [6, 6.07) is 0.138. The minimum Gasteiger partial charge on any atom is -0.409 e. The summed E-state index contributed by atoms with van der Waals surface area (Å²) < 4.78 is 0. The lowest BCUT2D eigenvalue weighted by Crippen LogP contribution is -2.52. The number of oxime groups is 1. The normalized spacial score (nSPS) is 20.4. The Balaban J connectivity index is 2.64. The fourth-order valence-corrected chi connectivity index (χ4v) is 2.99. The highest BCUT2D eigenvalue weighted by molar-refractivity contribution is 6.06. The van der Waals surface area contributed by atoms with Gasteiger partial charge in [-0.2, -0.15) is 0 Å². The van der Waals surface area contributed by atoms with Gasteiger partial charge in [-0.15, -0.1) is 0 Å². The van der Waals surface area contributed by atoms with E-state index in [1.807, 2.05) is 6.92 Å². The third kappa shape index (κ3) is 4.12. The third-order valence-corrected chi connectivity index (χ3v) is 4.36. The molecule has 0 bridgehead atoms. The number of hydrogen-bond acceptors (Lipinski definition) is 3. The van der Waals surface area contributed by atoms with Crippen LogP contribution >= 0.6 is 0 Å². The van der Waals surface area contributed by atoms with Crippen molar-refractivity contribution in [1.82, 2.24) is 5.32 Å². The Morgan fingerprint density at radius 3 is 2.55 bits per heavy atom. The van der Waals surface area contributed by atoms with Gasteiger partial charge >= 0.3 is 0 Å². The zero-order valence-corrected chi connectivity index (χ0v) is 12.8. The topological polar surface area (TPSA) is 87.7 Å². The standard InChI is InChI=1S/C15H29N3O2/c1-3-4-6-9-12(2)17-14(19)15(13(16)18-20)10-7-5-8-11-15/h12,20H,3-11H2,1-2H3,(H2,16,18)(H,17,19). The summed E-state index contributed by atoms with van der Waals surface area (Å²) in [6.07, 6.45) is 8.83. The van der Waals surface area contributed by atoms with Gasteiger partial charge in [0, 0.05) is 6.04 Å². The molecule has 0 aromatic heterocycles. The average molecular weight is 283 g/mol. The number of hydrogen-bond donors (Lipinski definition) is 3. The van der Waals surface area contributed by atoms with Gasteiger partial charge in [-0.25, -0.2) is 0 Å². The maximum Gasteiger partial charge on any atom is 0.234 e. The van der Waals surface area contributed by atoms with Gasteiger partial charge in [0.15, 0.2) is 5.84 Å². The zero-order chi connectivity index (χ0) is 15.0. The summed E-state index contributed by atoms with van der Waals surface area (Å²) >= 11 is 0. The molecule has 1 unspecified atom stereocenters. The van der Waals surface area contributed by atoms with Crippen LogP contribution in [0.1, 0.15) is 71.6 Å². The quantitative estimate of drug-likeness (QED) is 0.221. The van der Waals surface area contributed by atoms with Gasteiger partial charge in [0.05, 0.1) is 0 Å². The van der Waals surface area contributed by atoms with Crippen molar-refractivity contribution in [2.45, 2.75) is 77.7 Å². The van der Waals surface area contributed by atoms with Crippen LogP contribution in [0.2, 0.25) is 0 Å². The highest BCUT2D eigenvalue weighted by Gasteiger charge is 2.44. The van der Waals surface area contributed by atoms with Crippen molar-refractivity contribution in [1.29, 1.82) is 0 Å². The van der Waals surface area contributed by atoms with Crippen LogP contribution in [0.15, 0.2) is 5.16 Å². The lowest BCUT2D eigenvalue weighted by atomic mass is 9.72. The van der Waals surface area contributed by atoms with E-state index in [1.165, 1.54) is 12.8 Å².